The predicted octanol–water partition coefficient (Wildman–Crippen LogP) is 2.02. The van der Waals surface area contributed by atoms with Crippen molar-refractivity contribution in [3.05, 3.63) is 11.9 Å². The smallest absolute Gasteiger partial charge is 0.0956 e. The first-order chi connectivity index (χ1) is 5.77. The summed E-state index contributed by atoms with van der Waals surface area (Å²) in [5.41, 5.74) is 1.10. The van der Waals surface area contributed by atoms with Gasteiger partial charge in [0, 0.05) is 13.2 Å². The molecule has 1 unspecified atom stereocenters. The Hall–Kier alpha value is -0.510. The first-order valence-corrected chi connectivity index (χ1v) is 5.30. The van der Waals surface area contributed by atoms with Crippen molar-refractivity contribution >= 4 is 11.8 Å². The van der Waals surface area contributed by atoms with E-state index in [1.54, 1.807) is 4.68 Å². The molecule has 0 aliphatic carbocycles. The van der Waals surface area contributed by atoms with Crippen LogP contribution in [-0.4, -0.2) is 20.7 Å². The van der Waals surface area contributed by atoms with Gasteiger partial charge in [0.2, 0.25) is 0 Å². The zero-order valence-electron chi connectivity index (χ0n) is 7.82. The summed E-state index contributed by atoms with van der Waals surface area (Å²) in [6.07, 6.45) is 3.12. The van der Waals surface area contributed by atoms with Gasteiger partial charge in [-0.25, -0.2) is 0 Å². The topological polar surface area (TPSA) is 30.7 Å². The summed E-state index contributed by atoms with van der Waals surface area (Å²) in [6, 6.07) is 0. The Kier molecular flexibility index (Phi) is 3.59. The summed E-state index contributed by atoms with van der Waals surface area (Å²) in [5, 5.41) is 8.54. The lowest BCUT2D eigenvalue weighted by molar-refractivity contribution is 0.712. The molecule has 0 aromatic carbocycles. The highest BCUT2D eigenvalue weighted by atomic mass is 32.2. The van der Waals surface area contributed by atoms with Gasteiger partial charge in [-0.05, 0) is 12.2 Å². The molecule has 4 heteroatoms. The molecule has 0 N–H and O–H groups in total. The molecular formula is C8H15N3S. The van der Waals surface area contributed by atoms with E-state index in [-0.39, 0.29) is 0 Å². The van der Waals surface area contributed by atoms with Crippen LogP contribution in [0.3, 0.4) is 0 Å². The Morgan fingerprint density at radius 1 is 1.58 bits per heavy atom. The number of thioether (sulfide) groups is 1. The number of rotatable bonds is 4. The van der Waals surface area contributed by atoms with Gasteiger partial charge < -0.3 is 0 Å². The van der Waals surface area contributed by atoms with Crippen LogP contribution in [0.25, 0.3) is 0 Å². The molecule has 1 heterocycles. The molecule has 1 atom stereocenters. The summed E-state index contributed by atoms with van der Waals surface area (Å²) >= 11 is 1.93. The predicted molar refractivity (Wildman–Crippen MR) is 52.2 cm³/mol. The van der Waals surface area contributed by atoms with Crippen LogP contribution in [0.15, 0.2) is 6.20 Å². The first-order valence-electron chi connectivity index (χ1n) is 4.25. The van der Waals surface area contributed by atoms with Crippen LogP contribution >= 0.6 is 11.8 Å². The van der Waals surface area contributed by atoms with Gasteiger partial charge in [0.15, 0.2) is 0 Å². The monoisotopic (exact) mass is 185 g/mol. The van der Waals surface area contributed by atoms with E-state index >= 15 is 0 Å². The van der Waals surface area contributed by atoms with Gasteiger partial charge in [0.1, 0.15) is 0 Å². The lowest BCUT2D eigenvalue weighted by Crippen LogP contribution is -1.93. The third-order valence-electron chi connectivity index (χ3n) is 1.69. The van der Waals surface area contributed by atoms with Crippen LogP contribution in [-0.2, 0) is 7.05 Å². The highest BCUT2D eigenvalue weighted by Gasteiger charge is 2.11. The molecule has 0 amide bonds. The van der Waals surface area contributed by atoms with Gasteiger partial charge >= 0.3 is 0 Å². The SMILES string of the molecule is CCSC(CC)c1cn(C)nn1. The van der Waals surface area contributed by atoms with Crippen LogP contribution in [0, 0.1) is 0 Å². The molecular weight excluding hydrogens is 170 g/mol. The molecule has 68 valence electrons. The van der Waals surface area contributed by atoms with Crippen molar-refractivity contribution in [2.24, 2.45) is 7.05 Å². The Balaban J connectivity index is 2.66. The fraction of sp³-hybridized carbons (Fsp3) is 0.750. The maximum atomic E-state index is 4.10. The highest BCUT2D eigenvalue weighted by molar-refractivity contribution is 7.99. The van der Waals surface area contributed by atoms with Gasteiger partial charge in [0.05, 0.1) is 10.9 Å². The molecule has 0 aliphatic rings. The van der Waals surface area contributed by atoms with Gasteiger partial charge in [-0.3, -0.25) is 4.68 Å². The zero-order valence-corrected chi connectivity index (χ0v) is 8.64. The Morgan fingerprint density at radius 3 is 2.75 bits per heavy atom. The van der Waals surface area contributed by atoms with Crippen molar-refractivity contribution in [1.29, 1.82) is 0 Å². The molecule has 0 radical (unpaired) electrons. The molecule has 3 nitrogen and oxygen atoms in total. The molecule has 0 saturated carbocycles. The zero-order chi connectivity index (χ0) is 8.97. The van der Waals surface area contributed by atoms with E-state index in [1.807, 2.05) is 25.0 Å². The fourth-order valence-corrected chi connectivity index (χ4v) is 2.04. The number of aryl methyl sites for hydroxylation is 1. The van der Waals surface area contributed by atoms with Gasteiger partial charge in [-0.15, -0.1) is 5.10 Å². The van der Waals surface area contributed by atoms with Gasteiger partial charge in [-0.1, -0.05) is 19.1 Å². The van der Waals surface area contributed by atoms with Crippen molar-refractivity contribution in [1.82, 2.24) is 15.0 Å². The van der Waals surface area contributed by atoms with Gasteiger partial charge in [0.25, 0.3) is 0 Å². The fourth-order valence-electron chi connectivity index (χ4n) is 1.13. The lowest BCUT2D eigenvalue weighted by Gasteiger charge is -2.08. The number of nitrogens with zero attached hydrogens (tertiary/aromatic N) is 3. The van der Waals surface area contributed by atoms with E-state index in [1.165, 1.54) is 0 Å². The maximum Gasteiger partial charge on any atom is 0.0956 e. The molecule has 0 bridgehead atoms. The van der Waals surface area contributed by atoms with E-state index < -0.39 is 0 Å². The van der Waals surface area contributed by atoms with E-state index in [4.69, 9.17) is 0 Å². The van der Waals surface area contributed by atoms with Crippen molar-refractivity contribution in [3.63, 3.8) is 0 Å². The summed E-state index contributed by atoms with van der Waals surface area (Å²) in [6.45, 7) is 4.35. The van der Waals surface area contributed by atoms with Crippen LogP contribution < -0.4 is 0 Å². The summed E-state index contributed by atoms with van der Waals surface area (Å²) in [7, 11) is 1.90. The van der Waals surface area contributed by atoms with Crippen LogP contribution in [0.5, 0.6) is 0 Å². The maximum absolute atomic E-state index is 4.10. The van der Waals surface area contributed by atoms with Crippen LogP contribution in [0.4, 0.5) is 0 Å². The third kappa shape index (κ3) is 2.24. The van der Waals surface area contributed by atoms with Crippen molar-refractivity contribution in [2.75, 3.05) is 5.75 Å². The third-order valence-corrected chi connectivity index (χ3v) is 3.00. The van der Waals surface area contributed by atoms with Gasteiger partial charge in [-0.2, -0.15) is 11.8 Å². The highest BCUT2D eigenvalue weighted by Crippen LogP contribution is 2.29. The number of hydrogen-bond acceptors (Lipinski definition) is 3. The first kappa shape index (κ1) is 9.58. The molecule has 1 rings (SSSR count). The van der Waals surface area contributed by atoms with E-state index in [0.29, 0.717) is 5.25 Å². The molecule has 12 heavy (non-hydrogen) atoms. The lowest BCUT2D eigenvalue weighted by atomic mass is 10.3. The minimum absolute atomic E-state index is 0.517. The second-order valence-electron chi connectivity index (χ2n) is 2.67. The van der Waals surface area contributed by atoms with E-state index in [0.717, 1.165) is 17.9 Å². The summed E-state index contributed by atoms with van der Waals surface area (Å²) < 4.78 is 1.76. The molecule has 0 spiro atoms. The Labute approximate surface area is 77.5 Å². The summed E-state index contributed by atoms with van der Waals surface area (Å²) in [4.78, 5) is 0. The molecule has 1 aromatic heterocycles. The minimum Gasteiger partial charge on any atom is -0.255 e. The standard InChI is InChI=1S/C8H15N3S/c1-4-8(12-5-2)7-6-11(3)10-9-7/h6,8H,4-5H2,1-3H3. The quantitative estimate of drug-likeness (QED) is 0.719. The van der Waals surface area contributed by atoms with Crippen LogP contribution in [0.1, 0.15) is 31.2 Å². The second kappa shape index (κ2) is 4.50. The molecule has 1 aromatic rings. The Morgan fingerprint density at radius 2 is 2.33 bits per heavy atom. The van der Waals surface area contributed by atoms with Crippen molar-refractivity contribution in [2.45, 2.75) is 25.5 Å². The summed E-state index contributed by atoms with van der Waals surface area (Å²) in [5.74, 6) is 1.13. The van der Waals surface area contributed by atoms with Crippen molar-refractivity contribution in [3.8, 4) is 0 Å². The normalized spacial score (nSPS) is 13.2. The molecule has 0 fully saturated rings. The van der Waals surface area contributed by atoms with Crippen LogP contribution in [0.2, 0.25) is 0 Å². The van der Waals surface area contributed by atoms with E-state index in [2.05, 4.69) is 24.2 Å². The molecule has 0 saturated heterocycles. The second-order valence-corrected chi connectivity index (χ2v) is 4.15. The van der Waals surface area contributed by atoms with Crippen molar-refractivity contribution < 1.29 is 0 Å². The average molecular weight is 185 g/mol. The van der Waals surface area contributed by atoms with E-state index in [9.17, 15) is 0 Å². The number of aromatic nitrogens is 3. The average Bonchev–Trinajstić information content (AvgIpc) is 2.47. The molecule has 0 aliphatic heterocycles. The minimum atomic E-state index is 0.517. The number of hydrogen-bond donors (Lipinski definition) is 0. The Bertz CT molecular complexity index is 234. The largest absolute Gasteiger partial charge is 0.255 e.